The van der Waals surface area contributed by atoms with E-state index in [1.807, 2.05) is 0 Å². The highest BCUT2D eigenvalue weighted by Crippen LogP contribution is 2.16. The average Bonchev–Trinajstić information content (AvgIpc) is 2.48. The third-order valence-electron chi connectivity index (χ3n) is 3.13. The second-order valence-electron chi connectivity index (χ2n) is 4.49. The van der Waals surface area contributed by atoms with Crippen molar-refractivity contribution in [3.8, 4) is 0 Å². The molecule has 1 fully saturated rings. The number of carbonyl (C=O) groups excluding carboxylic acids is 1. The summed E-state index contributed by atoms with van der Waals surface area (Å²) in [5.41, 5.74) is 0.250. The van der Waals surface area contributed by atoms with Gasteiger partial charge in [0, 0.05) is 33.2 Å². The molecule has 2 rings (SSSR count). The van der Waals surface area contributed by atoms with Gasteiger partial charge in [0.05, 0.1) is 18.2 Å². The number of amides is 1. The Bertz CT molecular complexity index is 464. The molecule has 1 aliphatic rings. The van der Waals surface area contributed by atoms with Crippen LogP contribution in [0.5, 0.6) is 0 Å². The van der Waals surface area contributed by atoms with E-state index in [-0.39, 0.29) is 11.6 Å². The van der Waals surface area contributed by atoms with Crippen molar-refractivity contribution in [2.24, 2.45) is 0 Å². The van der Waals surface area contributed by atoms with Gasteiger partial charge in [-0.3, -0.25) is 9.69 Å². The minimum atomic E-state index is -0.250. The lowest BCUT2D eigenvalue weighted by Gasteiger charge is -2.26. The van der Waals surface area contributed by atoms with Crippen LogP contribution in [0.4, 0.5) is 5.82 Å². The summed E-state index contributed by atoms with van der Waals surface area (Å²) in [6.07, 6.45) is 0. The topological polar surface area (TPSA) is 66.5 Å². The maximum Gasteiger partial charge on any atom is 0.271 e. The summed E-state index contributed by atoms with van der Waals surface area (Å²) in [4.78, 5) is 18.5. The quantitative estimate of drug-likeness (QED) is 0.843. The molecule has 20 heavy (non-hydrogen) atoms. The third kappa shape index (κ3) is 4.06. The zero-order chi connectivity index (χ0) is 14.4. The van der Waals surface area contributed by atoms with Crippen molar-refractivity contribution in [3.05, 3.63) is 22.8 Å². The van der Waals surface area contributed by atoms with Gasteiger partial charge >= 0.3 is 0 Å². The molecule has 7 heteroatoms. The van der Waals surface area contributed by atoms with Crippen molar-refractivity contribution in [1.29, 1.82) is 0 Å². The molecule has 2 heterocycles. The fourth-order valence-corrected chi connectivity index (χ4v) is 2.17. The Balaban J connectivity index is 1.84. The van der Waals surface area contributed by atoms with Crippen LogP contribution >= 0.6 is 11.6 Å². The van der Waals surface area contributed by atoms with Crippen LogP contribution in [0.2, 0.25) is 5.02 Å². The molecule has 1 aromatic heterocycles. The smallest absolute Gasteiger partial charge is 0.271 e. The molecular weight excluding hydrogens is 280 g/mol. The second-order valence-corrected chi connectivity index (χ2v) is 4.89. The lowest BCUT2D eigenvalue weighted by atomic mass is 10.3. The van der Waals surface area contributed by atoms with Crippen molar-refractivity contribution in [2.45, 2.75) is 0 Å². The van der Waals surface area contributed by atoms with Gasteiger partial charge in [-0.05, 0) is 12.1 Å². The maximum absolute atomic E-state index is 12.0. The number of nitrogens with zero attached hydrogens (tertiary/aromatic N) is 2. The summed E-state index contributed by atoms with van der Waals surface area (Å²) in [5, 5.41) is 6.08. The summed E-state index contributed by atoms with van der Waals surface area (Å²) >= 11 is 6.00. The number of hydrogen-bond acceptors (Lipinski definition) is 5. The lowest BCUT2D eigenvalue weighted by Crippen LogP contribution is -2.41. The van der Waals surface area contributed by atoms with Crippen molar-refractivity contribution in [2.75, 3.05) is 51.8 Å². The Labute approximate surface area is 123 Å². The summed E-state index contributed by atoms with van der Waals surface area (Å²) in [6.45, 7) is 4.70. The number of nitrogens with one attached hydrogen (secondary N) is 2. The fourth-order valence-electron chi connectivity index (χ4n) is 1.98. The third-order valence-corrected chi connectivity index (χ3v) is 3.44. The first-order valence-electron chi connectivity index (χ1n) is 6.63. The largest absolute Gasteiger partial charge is 0.379 e. The van der Waals surface area contributed by atoms with Gasteiger partial charge in [-0.1, -0.05) is 11.6 Å². The molecule has 1 amide bonds. The molecule has 1 aliphatic heterocycles. The lowest BCUT2D eigenvalue weighted by molar-refractivity contribution is 0.0383. The number of rotatable bonds is 5. The van der Waals surface area contributed by atoms with Crippen LogP contribution in [0.25, 0.3) is 0 Å². The van der Waals surface area contributed by atoms with Gasteiger partial charge in [0.25, 0.3) is 5.91 Å². The highest BCUT2D eigenvalue weighted by molar-refractivity contribution is 6.33. The molecule has 0 saturated carbocycles. The maximum atomic E-state index is 12.0. The van der Waals surface area contributed by atoms with Crippen LogP contribution in [-0.4, -0.2) is 62.2 Å². The van der Waals surface area contributed by atoms with Crippen LogP contribution in [0.3, 0.4) is 0 Å². The number of halogens is 1. The highest BCUT2D eigenvalue weighted by Gasteiger charge is 2.14. The SMILES string of the molecule is CNc1ccc(Cl)c(C(=O)NCCN2CCOCC2)n1. The molecule has 0 spiro atoms. The molecule has 1 saturated heterocycles. The van der Waals surface area contributed by atoms with Crippen LogP contribution in [-0.2, 0) is 4.74 Å². The van der Waals surface area contributed by atoms with E-state index in [1.165, 1.54) is 0 Å². The van der Waals surface area contributed by atoms with Crippen LogP contribution in [0.15, 0.2) is 12.1 Å². The number of pyridine rings is 1. The standard InChI is InChI=1S/C13H19ClN4O2/c1-15-11-3-2-10(14)12(17-11)13(19)16-4-5-18-6-8-20-9-7-18/h2-3H,4-9H2,1H3,(H,15,17)(H,16,19). The first-order chi connectivity index (χ1) is 9.70. The van der Waals surface area contributed by atoms with Gasteiger partial charge < -0.3 is 15.4 Å². The van der Waals surface area contributed by atoms with Crippen molar-refractivity contribution < 1.29 is 9.53 Å². The first kappa shape index (κ1) is 15.0. The van der Waals surface area contributed by atoms with E-state index in [4.69, 9.17) is 16.3 Å². The Morgan fingerprint density at radius 2 is 2.20 bits per heavy atom. The van der Waals surface area contributed by atoms with Crippen LogP contribution < -0.4 is 10.6 Å². The van der Waals surface area contributed by atoms with E-state index in [0.29, 0.717) is 17.4 Å². The van der Waals surface area contributed by atoms with Crippen LogP contribution in [0.1, 0.15) is 10.5 Å². The predicted octanol–water partition coefficient (Wildman–Crippen LogP) is 0.839. The Hall–Kier alpha value is -1.37. The van der Waals surface area contributed by atoms with E-state index < -0.39 is 0 Å². The summed E-state index contributed by atoms with van der Waals surface area (Å²) in [5.74, 6) is 0.369. The van der Waals surface area contributed by atoms with Crippen LogP contribution in [0, 0.1) is 0 Å². The van der Waals surface area contributed by atoms with Gasteiger partial charge in [0.2, 0.25) is 0 Å². The zero-order valence-electron chi connectivity index (χ0n) is 11.5. The molecule has 0 atom stereocenters. The first-order valence-corrected chi connectivity index (χ1v) is 7.01. The zero-order valence-corrected chi connectivity index (χ0v) is 12.2. The number of anilines is 1. The molecule has 110 valence electrons. The molecule has 2 N–H and O–H groups in total. The van der Waals surface area contributed by atoms with Gasteiger partial charge in [0.1, 0.15) is 11.5 Å². The monoisotopic (exact) mass is 298 g/mol. The van der Waals surface area contributed by atoms with Gasteiger partial charge in [-0.15, -0.1) is 0 Å². The molecule has 0 aliphatic carbocycles. The molecule has 0 aromatic carbocycles. The molecular formula is C13H19ClN4O2. The summed E-state index contributed by atoms with van der Waals surface area (Å²) < 4.78 is 5.27. The Kier molecular flexibility index (Phi) is 5.58. The second kappa shape index (κ2) is 7.42. The van der Waals surface area contributed by atoms with E-state index in [0.717, 1.165) is 32.8 Å². The fraction of sp³-hybridized carbons (Fsp3) is 0.538. The Morgan fingerprint density at radius 1 is 1.45 bits per heavy atom. The minimum Gasteiger partial charge on any atom is -0.379 e. The van der Waals surface area contributed by atoms with Gasteiger partial charge in [0.15, 0.2) is 0 Å². The van der Waals surface area contributed by atoms with Crippen molar-refractivity contribution in [1.82, 2.24) is 15.2 Å². The molecule has 0 radical (unpaired) electrons. The van der Waals surface area contributed by atoms with E-state index in [2.05, 4.69) is 20.5 Å². The number of ether oxygens (including phenoxy) is 1. The summed E-state index contributed by atoms with van der Waals surface area (Å²) in [7, 11) is 1.75. The molecule has 1 aromatic rings. The highest BCUT2D eigenvalue weighted by atomic mass is 35.5. The summed E-state index contributed by atoms with van der Waals surface area (Å²) in [6, 6.07) is 3.39. The van der Waals surface area contributed by atoms with Gasteiger partial charge in [-0.25, -0.2) is 4.98 Å². The van der Waals surface area contributed by atoms with E-state index in [9.17, 15) is 4.79 Å². The number of morpholine rings is 1. The number of carbonyl (C=O) groups is 1. The van der Waals surface area contributed by atoms with Crippen molar-refractivity contribution >= 4 is 23.3 Å². The molecule has 6 nitrogen and oxygen atoms in total. The average molecular weight is 299 g/mol. The molecule has 0 bridgehead atoms. The normalized spacial score (nSPS) is 15.9. The van der Waals surface area contributed by atoms with E-state index >= 15 is 0 Å². The van der Waals surface area contributed by atoms with E-state index in [1.54, 1.807) is 19.2 Å². The number of hydrogen-bond donors (Lipinski definition) is 2. The predicted molar refractivity (Wildman–Crippen MR) is 78.4 cm³/mol. The Morgan fingerprint density at radius 3 is 2.90 bits per heavy atom. The molecule has 0 unspecified atom stereocenters. The van der Waals surface area contributed by atoms with Crippen molar-refractivity contribution in [3.63, 3.8) is 0 Å². The minimum absolute atomic E-state index is 0.250. The number of aromatic nitrogens is 1. The van der Waals surface area contributed by atoms with Gasteiger partial charge in [-0.2, -0.15) is 0 Å².